The highest BCUT2D eigenvalue weighted by Crippen LogP contribution is 2.10. The van der Waals surface area contributed by atoms with Gasteiger partial charge in [0.1, 0.15) is 11.9 Å². The molecule has 2 atom stereocenters. The third-order valence-corrected chi connectivity index (χ3v) is 4.20. The molecule has 132 valence electrons. The van der Waals surface area contributed by atoms with Crippen LogP contribution in [-0.2, 0) is 11.3 Å². The van der Waals surface area contributed by atoms with Crippen molar-refractivity contribution >= 4 is 11.8 Å². The molecule has 2 unspecified atom stereocenters. The number of carbonyl (C=O) groups is 2. The van der Waals surface area contributed by atoms with Gasteiger partial charge in [-0.15, -0.1) is 0 Å². The third kappa shape index (κ3) is 5.41. The monoisotopic (exact) mass is 342 g/mol. The van der Waals surface area contributed by atoms with E-state index in [1.54, 1.807) is 36.4 Å². The van der Waals surface area contributed by atoms with E-state index < -0.39 is 6.04 Å². The minimum absolute atomic E-state index is 0.0131. The Morgan fingerprint density at radius 2 is 1.68 bits per heavy atom. The smallest absolute Gasteiger partial charge is 0.251 e. The number of hydrogen-bond donors (Lipinski definition) is 2. The zero-order valence-electron chi connectivity index (χ0n) is 14.5. The van der Waals surface area contributed by atoms with Crippen LogP contribution in [0.3, 0.4) is 0 Å². The van der Waals surface area contributed by atoms with Crippen LogP contribution in [0.5, 0.6) is 0 Å². The Labute approximate surface area is 147 Å². The van der Waals surface area contributed by atoms with Crippen molar-refractivity contribution < 1.29 is 14.0 Å². The summed E-state index contributed by atoms with van der Waals surface area (Å²) in [5, 5.41) is 5.63. The normalized spacial score (nSPS) is 12.9. The molecule has 4 nitrogen and oxygen atoms in total. The average molecular weight is 342 g/mol. The lowest BCUT2D eigenvalue weighted by Gasteiger charge is -2.23. The zero-order chi connectivity index (χ0) is 18.2. The molecule has 2 N–H and O–H groups in total. The second kappa shape index (κ2) is 8.97. The minimum Gasteiger partial charge on any atom is -0.350 e. The fourth-order valence-corrected chi connectivity index (χ4v) is 2.42. The molecule has 0 bridgehead atoms. The molecular formula is C20H23FN2O2. The standard InChI is InChI=1S/C20H23FN2O2/c1-3-14(2)18(23-19(24)16-7-5-4-6-8-16)20(25)22-13-15-9-11-17(21)12-10-15/h4-12,14,18H,3,13H2,1-2H3,(H,22,25)(H,23,24). The highest BCUT2D eigenvalue weighted by Gasteiger charge is 2.26. The minimum atomic E-state index is -0.627. The van der Waals surface area contributed by atoms with E-state index in [1.165, 1.54) is 12.1 Å². The Kier molecular flexibility index (Phi) is 6.69. The molecule has 2 rings (SSSR count). The largest absolute Gasteiger partial charge is 0.350 e. The van der Waals surface area contributed by atoms with Crippen molar-refractivity contribution in [3.63, 3.8) is 0 Å². The maximum Gasteiger partial charge on any atom is 0.251 e. The molecule has 2 aromatic carbocycles. The van der Waals surface area contributed by atoms with E-state index in [0.717, 1.165) is 12.0 Å². The number of benzene rings is 2. The van der Waals surface area contributed by atoms with Crippen molar-refractivity contribution in [2.24, 2.45) is 5.92 Å². The van der Waals surface area contributed by atoms with Gasteiger partial charge in [-0.3, -0.25) is 9.59 Å². The lowest BCUT2D eigenvalue weighted by atomic mass is 9.97. The highest BCUT2D eigenvalue weighted by atomic mass is 19.1. The Balaban J connectivity index is 2.01. The second-order valence-electron chi connectivity index (χ2n) is 6.05. The average Bonchev–Trinajstić information content (AvgIpc) is 2.65. The van der Waals surface area contributed by atoms with Gasteiger partial charge in [0.2, 0.25) is 5.91 Å². The molecule has 0 spiro atoms. The summed E-state index contributed by atoms with van der Waals surface area (Å²) in [6.07, 6.45) is 0.754. The van der Waals surface area contributed by atoms with Gasteiger partial charge in [0.25, 0.3) is 5.91 Å². The molecule has 0 aromatic heterocycles. The van der Waals surface area contributed by atoms with Crippen LogP contribution in [0.25, 0.3) is 0 Å². The molecule has 0 saturated carbocycles. The quantitative estimate of drug-likeness (QED) is 0.811. The van der Waals surface area contributed by atoms with Crippen molar-refractivity contribution in [3.8, 4) is 0 Å². The molecule has 25 heavy (non-hydrogen) atoms. The Morgan fingerprint density at radius 1 is 1.04 bits per heavy atom. The predicted molar refractivity (Wildman–Crippen MR) is 95.4 cm³/mol. The van der Waals surface area contributed by atoms with Crippen LogP contribution < -0.4 is 10.6 Å². The first-order valence-electron chi connectivity index (χ1n) is 8.39. The summed E-state index contributed by atoms with van der Waals surface area (Å²) in [6.45, 7) is 4.18. The summed E-state index contributed by atoms with van der Waals surface area (Å²) < 4.78 is 12.9. The van der Waals surface area contributed by atoms with Crippen molar-refractivity contribution in [2.45, 2.75) is 32.9 Å². The van der Waals surface area contributed by atoms with Crippen molar-refractivity contribution in [2.75, 3.05) is 0 Å². The van der Waals surface area contributed by atoms with E-state index >= 15 is 0 Å². The van der Waals surface area contributed by atoms with Gasteiger partial charge in [0.15, 0.2) is 0 Å². The maximum absolute atomic E-state index is 12.9. The molecule has 0 saturated heterocycles. The van der Waals surface area contributed by atoms with Crippen molar-refractivity contribution in [1.82, 2.24) is 10.6 Å². The predicted octanol–water partition coefficient (Wildman–Crippen LogP) is 3.29. The van der Waals surface area contributed by atoms with Crippen LogP contribution in [0.4, 0.5) is 4.39 Å². The summed E-state index contributed by atoms with van der Waals surface area (Å²) in [4.78, 5) is 24.9. The van der Waals surface area contributed by atoms with Gasteiger partial charge in [-0.1, -0.05) is 50.6 Å². The topological polar surface area (TPSA) is 58.2 Å². The molecular weight excluding hydrogens is 319 g/mol. The first-order chi connectivity index (χ1) is 12.0. The number of halogens is 1. The van der Waals surface area contributed by atoms with Crippen LogP contribution in [0.2, 0.25) is 0 Å². The van der Waals surface area contributed by atoms with Gasteiger partial charge in [0.05, 0.1) is 0 Å². The number of rotatable bonds is 7. The number of nitrogens with one attached hydrogen (secondary N) is 2. The van der Waals surface area contributed by atoms with Gasteiger partial charge < -0.3 is 10.6 Å². The third-order valence-electron chi connectivity index (χ3n) is 4.20. The molecule has 0 fully saturated rings. The Hall–Kier alpha value is -2.69. The van der Waals surface area contributed by atoms with Crippen LogP contribution in [0.1, 0.15) is 36.2 Å². The molecule has 0 aliphatic heterocycles. The molecule has 2 amide bonds. The molecule has 0 radical (unpaired) electrons. The van der Waals surface area contributed by atoms with E-state index in [9.17, 15) is 14.0 Å². The lowest BCUT2D eigenvalue weighted by Crippen LogP contribution is -2.50. The van der Waals surface area contributed by atoms with Gasteiger partial charge >= 0.3 is 0 Å². The summed E-state index contributed by atoms with van der Waals surface area (Å²) in [7, 11) is 0. The number of hydrogen-bond acceptors (Lipinski definition) is 2. The van der Waals surface area contributed by atoms with Crippen molar-refractivity contribution in [1.29, 1.82) is 0 Å². The lowest BCUT2D eigenvalue weighted by molar-refractivity contribution is -0.124. The van der Waals surface area contributed by atoms with Gasteiger partial charge in [-0.2, -0.15) is 0 Å². The van der Waals surface area contributed by atoms with E-state index in [1.807, 2.05) is 19.9 Å². The van der Waals surface area contributed by atoms with Crippen LogP contribution in [-0.4, -0.2) is 17.9 Å². The fourth-order valence-electron chi connectivity index (χ4n) is 2.42. The Morgan fingerprint density at radius 3 is 2.28 bits per heavy atom. The summed E-state index contributed by atoms with van der Waals surface area (Å²) >= 11 is 0. The zero-order valence-corrected chi connectivity index (χ0v) is 14.5. The molecule has 2 aromatic rings. The first kappa shape index (κ1) is 18.6. The van der Waals surface area contributed by atoms with E-state index in [0.29, 0.717) is 5.56 Å². The maximum atomic E-state index is 12.9. The van der Waals surface area contributed by atoms with E-state index in [2.05, 4.69) is 10.6 Å². The highest BCUT2D eigenvalue weighted by molar-refractivity contribution is 5.97. The number of amides is 2. The van der Waals surface area contributed by atoms with Gasteiger partial charge in [0, 0.05) is 12.1 Å². The van der Waals surface area contributed by atoms with Crippen molar-refractivity contribution in [3.05, 3.63) is 71.5 Å². The van der Waals surface area contributed by atoms with Gasteiger partial charge in [-0.05, 0) is 35.7 Å². The summed E-state index contributed by atoms with van der Waals surface area (Å²) in [5.74, 6) is -0.852. The van der Waals surface area contributed by atoms with Crippen LogP contribution in [0, 0.1) is 11.7 Å². The number of carbonyl (C=O) groups excluding carboxylic acids is 2. The van der Waals surface area contributed by atoms with Crippen LogP contribution in [0.15, 0.2) is 54.6 Å². The van der Waals surface area contributed by atoms with E-state index in [4.69, 9.17) is 0 Å². The first-order valence-corrected chi connectivity index (χ1v) is 8.39. The van der Waals surface area contributed by atoms with Crippen LogP contribution >= 0.6 is 0 Å². The fraction of sp³-hybridized carbons (Fsp3) is 0.300. The molecule has 0 aliphatic carbocycles. The molecule has 0 heterocycles. The Bertz CT molecular complexity index is 701. The van der Waals surface area contributed by atoms with E-state index in [-0.39, 0.29) is 30.1 Å². The SMILES string of the molecule is CCC(C)C(NC(=O)c1ccccc1)C(=O)NCc1ccc(F)cc1. The summed E-state index contributed by atoms with van der Waals surface area (Å²) in [6, 6.07) is 14.1. The second-order valence-corrected chi connectivity index (χ2v) is 6.05. The molecule has 5 heteroatoms. The summed E-state index contributed by atoms with van der Waals surface area (Å²) in [5.41, 5.74) is 1.31. The van der Waals surface area contributed by atoms with Gasteiger partial charge in [-0.25, -0.2) is 4.39 Å². The molecule has 0 aliphatic rings.